The molecule has 1 aliphatic heterocycles. The number of likely N-dealkylation sites (tertiary alicyclic amines) is 1. The van der Waals surface area contributed by atoms with Crippen LogP contribution in [0.2, 0.25) is 0 Å². The minimum atomic E-state index is -0.805. The fourth-order valence-electron chi connectivity index (χ4n) is 3.05. The molecule has 0 saturated carbocycles. The van der Waals surface area contributed by atoms with Gasteiger partial charge in [-0.05, 0) is 31.5 Å². The zero-order valence-corrected chi connectivity index (χ0v) is 13.1. The fourth-order valence-corrected chi connectivity index (χ4v) is 3.05. The van der Waals surface area contributed by atoms with E-state index in [9.17, 15) is 20.0 Å². The molecule has 0 radical (unpaired) electrons. The molecule has 126 valence electrons. The molecule has 0 bridgehead atoms. The summed E-state index contributed by atoms with van der Waals surface area (Å²) in [5.41, 5.74) is 0.635. The molecule has 1 saturated heterocycles. The minimum Gasteiger partial charge on any atom is -0.480 e. The third-order valence-corrected chi connectivity index (χ3v) is 4.26. The summed E-state index contributed by atoms with van der Waals surface area (Å²) in [7, 11) is 0. The molecular formula is C17H18N2O5. The summed E-state index contributed by atoms with van der Waals surface area (Å²) < 4.78 is 5.78. The van der Waals surface area contributed by atoms with Crippen molar-refractivity contribution >= 4 is 11.7 Å². The zero-order valence-electron chi connectivity index (χ0n) is 13.1. The molecule has 0 spiro atoms. The first kappa shape index (κ1) is 16.2. The van der Waals surface area contributed by atoms with Crippen LogP contribution < -0.4 is 0 Å². The Morgan fingerprint density at radius 3 is 2.92 bits per heavy atom. The Hall–Kier alpha value is -2.67. The summed E-state index contributed by atoms with van der Waals surface area (Å²) in [6.07, 6.45) is 2.54. The maximum absolute atomic E-state index is 11.3. The number of carboxylic acid groups (broad SMARTS) is 1. The van der Waals surface area contributed by atoms with Crippen molar-refractivity contribution in [3.05, 3.63) is 52.3 Å². The largest absolute Gasteiger partial charge is 0.480 e. The Balaban J connectivity index is 1.77. The first-order valence-electron chi connectivity index (χ1n) is 7.85. The Bertz CT molecular complexity index is 755. The van der Waals surface area contributed by atoms with Crippen LogP contribution in [0, 0.1) is 10.1 Å². The number of carboxylic acids is 1. The number of hydrogen-bond acceptors (Lipinski definition) is 5. The first-order valence-corrected chi connectivity index (χ1v) is 7.85. The summed E-state index contributed by atoms with van der Waals surface area (Å²) in [5.74, 6) is 0.391. The Kier molecular flexibility index (Phi) is 4.61. The molecule has 1 unspecified atom stereocenters. The molecule has 1 N–H and O–H groups in total. The molecule has 24 heavy (non-hydrogen) atoms. The lowest BCUT2D eigenvalue weighted by molar-refractivity contribution is -0.384. The van der Waals surface area contributed by atoms with Gasteiger partial charge in [0, 0.05) is 17.7 Å². The minimum absolute atomic E-state index is 0.00687. The predicted octanol–water partition coefficient (Wildman–Crippen LogP) is 3.29. The van der Waals surface area contributed by atoms with Gasteiger partial charge in [0.05, 0.1) is 11.5 Å². The number of aliphatic carboxylic acids is 1. The molecule has 1 aromatic carbocycles. The van der Waals surface area contributed by atoms with Crippen LogP contribution in [0.25, 0.3) is 11.3 Å². The maximum atomic E-state index is 11.3. The van der Waals surface area contributed by atoms with Crippen molar-refractivity contribution in [3.63, 3.8) is 0 Å². The van der Waals surface area contributed by atoms with Crippen molar-refractivity contribution in [2.75, 3.05) is 6.54 Å². The lowest BCUT2D eigenvalue weighted by atomic mass is 10.0. The number of carbonyl (C=O) groups is 1. The summed E-state index contributed by atoms with van der Waals surface area (Å²) >= 11 is 0. The van der Waals surface area contributed by atoms with Crippen LogP contribution in [0.1, 0.15) is 25.0 Å². The molecule has 0 amide bonds. The fraction of sp³-hybridized carbons (Fsp3) is 0.353. The molecule has 1 atom stereocenters. The van der Waals surface area contributed by atoms with E-state index in [4.69, 9.17) is 4.42 Å². The smallest absolute Gasteiger partial charge is 0.320 e. The SMILES string of the molecule is O=C(O)C1CCCCN1Cc1ccc(-c2cccc([N+](=O)[O-])c2)o1. The summed E-state index contributed by atoms with van der Waals surface area (Å²) in [6.45, 7) is 1.15. The van der Waals surface area contributed by atoms with Crippen molar-refractivity contribution in [2.45, 2.75) is 31.8 Å². The number of nitro groups is 1. The van der Waals surface area contributed by atoms with Crippen LogP contribution in [0.4, 0.5) is 5.69 Å². The van der Waals surface area contributed by atoms with Crippen molar-refractivity contribution in [1.82, 2.24) is 4.90 Å². The number of benzene rings is 1. The van der Waals surface area contributed by atoms with E-state index in [1.54, 1.807) is 24.3 Å². The van der Waals surface area contributed by atoms with Crippen LogP contribution in [0.5, 0.6) is 0 Å². The lowest BCUT2D eigenvalue weighted by Gasteiger charge is -2.31. The summed E-state index contributed by atoms with van der Waals surface area (Å²) in [4.78, 5) is 23.7. The molecule has 0 aliphatic carbocycles. The molecule has 2 aromatic rings. The van der Waals surface area contributed by atoms with Gasteiger partial charge < -0.3 is 9.52 Å². The second-order valence-corrected chi connectivity index (χ2v) is 5.89. The van der Waals surface area contributed by atoms with E-state index in [0.29, 0.717) is 30.0 Å². The number of nitro benzene ring substituents is 1. The van der Waals surface area contributed by atoms with Crippen molar-refractivity contribution in [3.8, 4) is 11.3 Å². The highest BCUT2D eigenvalue weighted by Crippen LogP contribution is 2.27. The second kappa shape index (κ2) is 6.84. The monoisotopic (exact) mass is 330 g/mol. The maximum Gasteiger partial charge on any atom is 0.320 e. The van der Waals surface area contributed by atoms with Crippen LogP contribution >= 0.6 is 0 Å². The van der Waals surface area contributed by atoms with Gasteiger partial charge in [-0.1, -0.05) is 18.6 Å². The Morgan fingerprint density at radius 2 is 2.17 bits per heavy atom. The van der Waals surface area contributed by atoms with Gasteiger partial charge in [0.25, 0.3) is 5.69 Å². The highest BCUT2D eigenvalue weighted by atomic mass is 16.6. The van der Waals surface area contributed by atoms with Crippen LogP contribution in [0.15, 0.2) is 40.8 Å². The third kappa shape index (κ3) is 3.46. The Labute approximate surface area is 138 Å². The molecule has 2 heterocycles. The molecular weight excluding hydrogens is 312 g/mol. The van der Waals surface area contributed by atoms with E-state index in [2.05, 4.69) is 0 Å². The van der Waals surface area contributed by atoms with Gasteiger partial charge >= 0.3 is 5.97 Å². The summed E-state index contributed by atoms with van der Waals surface area (Å²) in [5, 5.41) is 20.2. The van der Waals surface area contributed by atoms with Crippen molar-refractivity contribution in [2.24, 2.45) is 0 Å². The van der Waals surface area contributed by atoms with E-state index in [0.717, 1.165) is 19.4 Å². The van der Waals surface area contributed by atoms with Crippen LogP contribution in [0.3, 0.4) is 0 Å². The standard InChI is InChI=1S/C17H18N2O5/c20-17(21)15-6-1-2-9-18(15)11-14-7-8-16(24-14)12-4-3-5-13(10-12)19(22)23/h3-5,7-8,10,15H,1-2,6,9,11H2,(H,20,21). The number of furan rings is 1. The molecule has 1 aliphatic rings. The van der Waals surface area contributed by atoms with E-state index in [1.807, 2.05) is 4.90 Å². The summed E-state index contributed by atoms with van der Waals surface area (Å²) in [6, 6.07) is 9.32. The number of piperidine rings is 1. The molecule has 1 aromatic heterocycles. The van der Waals surface area contributed by atoms with E-state index >= 15 is 0 Å². The van der Waals surface area contributed by atoms with E-state index in [1.165, 1.54) is 12.1 Å². The van der Waals surface area contributed by atoms with Gasteiger partial charge in [-0.3, -0.25) is 19.8 Å². The second-order valence-electron chi connectivity index (χ2n) is 5.89. The number of hydrogen-bond donors (Lipinski definition) is 1. The van der Waals surface area contributed by atoms with Gasteiger partial charge in [0.2, 0.25) is 0 Å². The number of non-ortho nitro benzene ring substituents is 1. The molecule has 7 nitrogen and oxygen atoms in total. The van der Waals surface area contributed by atoms with Gasteiger partial charge in [-0.15, -0.1) is 0 Å². The van der Waals surface area contributed by atoms with Gasteiger partial charge in [0.1, 0.15) is 17.6 Å². The third-order valence-electron chi connectivity index (χ3n) is 4.26. The van der Waals surface area contributed by atoms with Crippen molar-refractivity contribution < 1.29 is 19.2 Å². The van der Waals surface area contributed by atoms with Crippen LogP contribution in [-0.4, -0.2) is 33.5 Å². The quantitative estimate of drug-likeness (QED) is 0.667. The highest BCUT2D eigenvalue weighted by Gasteiger charge is 2.29. The number of rotatable bonds is 5. The van der Waals surface area contributed by atoms with E-state index < -0.39 is 16.9 Å². The van der Waals surface area contributed by atoms with Crippen molar-refractivity contribution in [1.29, 1.82) is 0 Å². The van der Waals surface area contributed by atoms with Crippen LogP contribution in [-0.2, 0) is 11.3 Å². The molecule has 7 heteroatoms. The first-order chi connectivity index (χ1) is 11.5. The topological polar surface area (TPSA) is 96.8 Å². The van der Waals surface area contributed by atoms with E-state index in [-0.39, 0.29) is 5.69 Å². The molecule has 1 fully saturated rings. The lowest BCUT2D eigenvalue weighted by Crippen LogP contribution is -2.43. The van der Waals surface area contributed by atoms with Gasteiger partial charge in [0.15, 0.2) is 0 Å². The zero-order chi connectivity index (χ0) is 17.1. The van der Waals surface area contributed by atoms with Gasteiger partial charge in [-0.2, -0.15) is 0 Å². The Morgan fingerprint density at radius 1 is 1.33 bits per heavy atom. The van der Waals surface area contributed by atoms with Gasteiger partial charge in [-0.25, -0.2) is 0 Å². The predicted molar refractivity (Wildman–Crippen MR) is 86.5 cm³/mol. The average Bonchev–Trinajstić information content (AvgIpc) is 3.04. The average molecular weight is 330 g/mol. The molecule has 3 rings (SSSR count). The normalized spacial score (nSPS) is 18.4. The highest BCUT2D eigenvalue weighted by molar-refractivity contribution is 5.73. The number of nitrogens with zero attached hydrogens (tertiary/aromatic N) is 2.